The van der Waals surface area contributed by atoms with Crippen LogP contribution in [0.15, 0.2) is 42.6 Å². The zero-order chi connectivity index (χ0) is 41.2. The van der Waals surface area contributed by atoms with Gasteiger partial charge in [0.2, 0.25) is 27.7 Å². The predicted molar refractivity (Wildman–Crippen MR) is 214 cm³/mol. The van der Waals surface area contributed by atoms with Crippen molar-refractivity contribution in [3.63, 3.8) is 0 Å². The fourth-order valence-corrected chi connectivity index (χ4v) is 8.62. The first kappa shape index (κ1) is 41.9. The summed E-state index contributed by atoms with van der Waals surface area (Å²) in [6, 6.07) is 3.31. The van der Waals surface area contributed by atoms with E-state index in [9.17, 15) is 27.6 Å². The quantitative estimate of drug-likeness (QED) is 0.259. The molecule has 1 saturated heterocycles. The van der Waals surface area contributed by atoms with Crippen LogP contribution in [0.5, 0.6) is 11.6 Å². The van der Waals surface area contributed by atoms with Crippen molar-refractivity contribution < 1.29 is 37.1 Å². The summed E-state index contributed by atoms with van der Waals surface area (Å²) >= 11 is 6.48. The van der Waals surface area contributed by atoms with E-state index in [4.69, 9.17) is 21.1 Å². The lowest BCUT2D eigenvalue weighted by Crippen LogP contribution is -2.58. The monoisotopic (exact) mass is 825 g/mol. The van der Waals surface area contributed by atoms with Gasteiger partial charge in [0, 0.05) is 42.1 Å². The minimum atomic E-state index is -4.02. The predicted octanol–water partition coefficient (Wildman–Crippen LogP) is 4.50. The summed E-state index contributed by atoms with van der Waals surface area (Å²) in [4.78, 5) is 62.4. The summed E-state index contributed by atoms with van der Waals surface area (Å²) in [6.07, 6.45) is 8.36. The van der Waals surface area contributed by atoms with Crippen LogP contribution in [0.4, 0.5) is 0 Å². The molecule has 57 heavy (non-hydrogen) atoms. The van der Waals surface area contributed by atoms with E-state index in [1.807, 2.05) is 26.8 Å². The lowest BCUT2D eigenvalue weighted by molar-refractivity contribution is -0.141. The number of amides is 4. The van der Waals surface area contributed by atoms with Crippen LogP contribution in [-0.2, 0) is 31.5 Å². The molecule has 2 aliphatic heterocycles. The number of carbonyl (C=O) groups is 4. The molecule has 0 radical (unpaired) electrons. The van der Waals surface area contributed by atoms with E-state index in [0.29, 0.717) is 59.7 Å². The van der Waals surface area contributed by atoms with Crippen molar-refractivity contribution in [2.24, 2.45) is 13.0 Å². The third kappa shape index (κ3) is 9.54. The second-order valence-corrected chi connectivity index (χ2v) is 18.5. The maximum Gasteiger partial charge on any atom is 0.272 e. The molecule has 0 spiro atoms. The molecule has 1 aromatic carbocycles. The van der Waals surface area contributed by atoms with Crippen LogP contribution in [0.25, 0.3) is 10.9 Å². The van der Waals surface area contributed by atoms with Crippen molar-refractivity contribution in [1.29, 1.82) is 0 Å². The highest BCUT2D eigenvalue weighted by atomic mass is 35.5. The number of fused-ring (bicyclic) bond motifs is 2. The standard InChI is InChI=1S/C40H52ClN7O8S/c1-23(2)55-33-21-32(27-14-15-28(41)25(4)35(27)43-33)56-26-20-31-37(50)44-34(38(51)46-57(53,54)40(5)17-18-40)24(3)12-10-8-7-9-11-13-30(39(52)48(31)22-26)42-36(49)29-16-19-47(6)45-29/h10,12,14-16,19,21,23-24,26,30-31,34H,7-9,11,13,17-18,20,22H2,1-6H3,(H,42,49)(H,44,50)(H,46,51). The second kappa shape index (κ2) is 17.0. The van der Waals surface area contributed by atoms with Crippen molar-refractivity contribution in [3.05, 3.63) is 58.9 Å². The molecule has 3 aromatic rings. The molecular formula is C40H52ClN7O8S. The molecule has 4 amide bonds. The first-order chi connectivity index (χ1) is 27.0. The van der Waals surface area contributed by atoms with Gasteiger partial charge in [-0.3, -0.25) is 28.6 Å². The van der Waals surface area contributed by atoms with E-state index < -0.39 is 68.5 Å². The molecule has 17 heteroatoms. The van der Waals surface area contributed by atoms with Gasteiger partial charge in [0.15, 0.2) is 0 Å². The Balaban J connectivity index is 1.35. The van der Waals surface area contributed by atoms with Gasteiger partial charge in [-0.05, 0) is 83.6 Å². The van der Waals surface area contributed by atoms with E-state index in [2.05, 4.69) is 25.4 Å². The smallest absolute Gasteiger partial charge is 0.272 e. The molecule has 1 aliphatic carbocycles. The SMILES string of the molecule is Cc1c(Cl)ccc2c(OC3CC4C(=O)NC(C(=O)NS(=O)(=O)C5(C)CC5)C(C)C=CCCCCCC(NC(=O)c5ccn(C)n5)C(=O)N4C3)cc(OC(C)C)nc12. The molecule has 2 fully saturated rings. The number of allylic oxidation sites excluding steroid dienone is 1. The van der Waals surface area contributed by atoms with Gasteiger partial charge < -0.3 is 25.0 Å². The molecule has 15 nitrogen and oxygen atoms in total. The lowest BCUT2D eigenvalue weighted by Gasteiger charge is -2.30. The van der Waals surface area contributed by atoms with Crippen LogP contribution in [0, 0.1) is 12.8 Å². The Morgan fingerprint density at radius 2 is 1.88 bits per heavy atom. The van der Waals surface area contributed by atoms with Crippen LogP contribution in [0.2, 0.25) is 5.02 Å². The Morgan fingerprint density at radius 3 is 2.56 bits per heavy atom. The van der Waals surface area contributed by atoms with E-state index >= 15 is 0 Å². The summed E-state index contributed by atoms with van der Waals surface area (Å²) in [5.74, 6) is -2.44. The lowest BCUT2D eigenvalue weighted by atomic mass is 9.99. The van der Waals surface area contributed by atoms with Gasteiger partial charge in [-0.1, -0.05) is 43.5 Å². The molecule has 6 rings (SSSR count). The number of carbonyl (C=O) groups excluding carboxylic acids is 4. The highest BCUT2D eigenvalue weighted by Gasteiger charge is 2.52. The van der Waals surface area contributed by atoms with Crippen molar-refractivity contribution in [2.75, 3.05) is 6.54 Å². The van der Waals surface area contributed by atoms with Crippen LogP contribution >= 0.6 is 11.6 Å². The van der Waals surface area contributed by atoms with Gasteiger partial charge in [-0.2, -0.15) is 5.10 Å². The number of nitrogens with zero attached hydrogens (tertiary/aromatic N) is 4. The third-order valence-electron chi connectivity index (χ3n) is 10.9. The van der Waals surface area contributed by atoms with Crippen molar-refractivity contribution in [1.82, 2.24) is 35.0 Å². The summed E-state index contributed by atoms with van der Waals surface area (Å²) in [7, 11) is -2.33. The Labute approximate surface area is 338 Å². The molecule has 5 atom stereocenters. The molecule has 0 bridgehead atoms. The number of hydrogen-bond acceptors (Lipinski definition) is 10. The van der Waals surface area contributed by atoms with Crippen LogP contribution < -0.4 is 24.8 Å². The number of hydrogen-bond donors (Lipinski definition) is 3. The second-order valence-electron chi connectivity index (χ2n) is 15.9. The molecule has 4 heterocycles. The van der Waals surface area contributed by atoms with Gasteiger partial charge in [0.25, 0.3) is 11.8 Å². The Morgan fingerprint density at radius 1 is 1.12 bits per heavy atom. The molecule has 5 unspecified atom stereocenters. The number of sulfonamides is 1. The average molecular weight is 826 g/mol. The normalized spacial score (nSPS) is 24.3. The molecular weight excluding hydrogens is 774 g/mol. The highest BCUT2D eigenvalue weighted by Crippen LogP contribution is 2.42. The molecule has 3 aliphatic rings. The topological polar surface area (TPSA) is 191 Å². The van der Waals surface area contributed by atoms with Crippen molar-refractivity contribution >= 4 is 56.2 Å². The van der Waals surface area contributed by atoms with E-state index in [-0.39, 0.29) is 24.8 Å². The molecule has 2 aromatic heterocycles. The Kier molecular flexibility index (Phi) is 12.5. The zero-order valence-electron chi connectivity index (χ0n) is 33.2. The highest BCUT2D eigenvalue weighted by molar-refractivity contribution is 7.91. The minimum absolute atomic E-state index is 0.0180. The van der Waals surface area contributed by atoms with Crippen LogP contribution in [-0.4, -0.2) is 93.3 Å². The van der Waals surface area contributed by atoms with Gasteiger partial charge in [0.05, 0.1) is 22.9 Å². The van der Waals surface area contributed by atoms with E-state index in [1.54, 1.807) is 57.4 Å². The number of ether oxygens (including phenoxy) is 2. The number of pyridine rings is 1. The maximum absolute atomic E-state index is 14.7. The summed E-state index contributed by atoms with van der Waals surface area (Å²) in [5, 5.41) is 11.0. The average Bonchev–Trinajstić information content (AvgIpc) is 3.55. The Bertz CT molecular complexity index is 2170. The Hall–Kier alpha value is -4.70. The van der Waals surface area contributed by atoms with E-state index in [0.717, 1.165) is 18.4 Å². The van der Waals surface area contributed by atoms with Crippen LogP contribution in [0.3, 0.4) is 0 Å². The number of aryl methyl sites for hydroxylation is 2. The number of nitrogens with one attached hydrogen (secondary N) is 3. The van der Waals surface area contributed by atoms with Crippen molar-refractivity contribution in [2.45, 2.75) is 121 Å². The molecule has 3 N–H and O–H groups in total. The van der Waals surface area contributed by atoms with Crippen LogP contribution in [0.1, 0.15) is 95.1 Å². The number of aromatic nitrogens is 3. The maximum atomic E-state index is 14.7. The number of halogens is 1. The van der Waals surface area contributed by atoms with Gasteiger partial charge in [-0.25, -0.2) is 13.4 Å². The minimum Gasteiger partial charge on any atom is -0.488 e. The summed E-state index contributed by atoms with van der Waals surface area (Å²) in [5.41, 5.74) is 1.43. The number of rotatable bonds is 9. The fourth-order valence-electron chi connectivity index (χ4n) is 7.19. The molecule has 1 saturated carbocycles. The largest absolute Gasteiger partial charge is 0.488 e. The number of benzene rings is 1. The zero-order valence-corrected chi connectivity index (χ0v) is 34.8. The van der Waals surface area contributed by atoms with E-state index in [1.165, 1.54) is 9.58 Å². The third-order valence-corrected chi connectivity index (χ3v) is 13.5. The van der Waals surface area contributed by atoms with Crippen molar-refractivity contribution in [3.8, 4) is 11.6 Å². The van der Waals surface area contributed by atoms with Gasteiger partial charge in [0.1, 0.15) is 35.7 Å². The van der Waals surface area contributed by atoms with Gasteiger partial charge >= 0.3 is 0 Å². The molecule has 308 valence electrons. The fraction of sp³-hybridized carbons (Fsp3) is 0.550. The summed E-state index contributed by atoms with van der Waals surface area (Å²) < 4.78 is 41.5. The summed E-state index contributed by atoms with van der Waals surface area (Å²) in [6.45, 7) is 8.86. The first-order valence-corrected chi connectivity index (χ1v) is 21.4. The van der Waals surface area contributed by atoms with Gasteiger partial charge in [-0.15, -0.1) is 0 Å². The first-order valence-electron chi connectivity index (χ1n) is 19.5.